The van der Waals surface area contributed by atoms with Crippen molar-refractivity contribution in [1.82, 2.24) is 10.3 Å². The van der Waals surface area contributed by atoms with Crippen LogP contribution in [0, 0.1) is 11.8 Å². The number of aromatic nitrogens is 1. The third-order valence-electron chi connectivity index (χ3n) is 5.81. The molecule has 0 saturated heterocycles. The van der Waals surface area contributed by atoms with E-state index >= 15 is 0 Å². The highest BCUT2D eigenvalue weighted by Crippen LogP contribution is 2.44. The van der Waals surface area contributed by atoms with Gasteiger partial charge >= 0.3 is 11.0 Å². The molecule has 1 aromatic heterocycles. The highest BCUT2D eigenvalue weighted by molar-refractivity contribution is 7.07. The van der Waals surface area contributed by atoms with Crippen LogP contribution in [-0.4, -0.2) is 24.2 Å². The number of carbonyl (C=O) groups is 1. The lowest BCUT2D eigenvalue weighted by molar-refractivity contribution is 0.143. The first kappa shape index (κ1) is 21.7. The number of ether oxygens (including phenoxy) is 1. The Hall–Kier alpha value is -4.08. The van der Waals surface area contributed by atoms with Gasteiger partial charge in [-0.25, -0.2) is 4.79 Å². The number of nitrogens with one attached hydrogen (secondary N) is 2. The maximum Gasteiger partial charge on any atom is 0.407 e. The zero-order chi connectivity index (χ0) is 23.3. The maximum absolute atomic E-state index is 12.2. The number of amides is 1. The van der Waals surface area contributed by atoms with Gasteiger partial charge in [0, 0.05) is 29.8 Å². The van der Waals surface area contributed by atoms with E-state index in [1.165, 1.54) is 22.3 Å². The van der Waals surface area contributed by atoms with Gasteiger partial charge in [-0.1, -0.05) is 83.8 Å². The minimum Gasteiger partial charge on any atom is -0.449 e. The molecule has 5 nitrogen and oxygen atoms in total. The van der Waals surface area contributed by atoms with Gasteiger partial charge < -0.3 is 15.0 Å². The molecule has 0 atom stereocenters. The number of alkyl carbamates (subject to hydrolysis) is 1. The Labute approximate surface area is 201 Å². The fraction of sp³-hybridized carbons (Fsp3) is 0.143. The molecule has 0 spiro atoms. The average Bonchev–Trinajstić information content (AvgIpc) is 3.44. The molecule has 3 aromatic carbocycles. The first-order valence-electron chi connectivity index (χ1n) is 11.0. The molecule has 4 aromatic rings. The van der Waals surface area contributed by atoms with E-state index in [-0.39, 0.29) is 10.8 Å². The Balaban J connectivity index is 1.10. The van der Waals surface area contributed by atoms with Crippen LogP contribution in [0.1, 0.15) is 29.0 Å². The van der Waals surface area contributed by atoms with Gasteiger partial charge in [0.2, 0.25) is 0 Å². The van der Waals surface area contributed by atoms with Crippen molar-refractivity contribution in [2.45, 2.75) is 12.3 Å². The quantitative estimate of drug-likeness (QED) is 0.306. The van der Waals surface area contributed by atoms with E-state index < -0.39 is 6.09 Å². The molecule has 1 aliphatic rings. The minimum absolute atomic E-state index is 0.0489. The van der Waals surface area contributed by atoms with E-state index in [4.69, 9.17) is 4.74 Å². The zero-order valence-electron chi connectivity index (χ0n) is 18.3. The second kappa shape index (κ2) is 9.82. The smallest absolute Gasteiger partial charge is 0.407 e. The number of hydrogen-bond donors (Lipinski definition) is 2. The maximum atomic E-state index is 12.2. The molecule has 0 unspecified atom stereocenters. The molecule has 0 bridgehead atoms. The summed E-state index contributed by atoms with van der Waals surface area (Å²) in [6.07, 6.45) is 0.0850. The Kier molecular flexibility index (Phi) is 6.28. The lowest BCUT2D eigenvalue weighted by Crippen LogP contribution is -2.26. The average molecular weight is 467 g/mol. The normalized spacial score (nSPS) is 11.8. The van der Waals surface area contributed by atoms with Crippen molar-refractivity contribution in [3.8, 4) is 34.2 Å². The van der Waals surface area contributed by atoms with E-state index in [1.807, 2.05) is 48.5 Å². The number of thiazole rings is 1. The summed E-state index contributed by atoms with van der Waals surface area (Å²) >= 11 is 1.15. The van der Waals surface area contributed by atoms with Crippen LogP contribution in [-0.2, 0) is 4.74 Å². The minimum atomic E-state index is -0.433. The number of fused-ring (bicyclic) bond motifs is 3. The Morgan fingerprint density at radius 1 is 0.971 bits per heavy atom. The van der Waals surface area contributed by atoms with E-state index in [2.05, 4.69) is 46.4 Å². The van der Waals surface area contributed by atoms with Crippen molar-refractivity contribution in [3.63, 3.8) is 0 Å². The van der Waals surface area contributed by atoms with E-state index in [0.717, 1.165) is 28.2 Å². The molecule has 34 heavy (non-hydrogen) atoms. The van der Waals surface area contributed by atoms with Crippen molar-refractivity contribution in [2.75, 3.05) is 13.2 Å². The van der Waals surface area contributed by atoms with Crippen molar-refractivity contribution < 1.29 is 9.53 Å². The SMILES string of the molecule is O=C(NCCC#Cc1ccc(-c2csc(=O)[nH]2)cc1)OCC1c2ccccc2-c2ccccc21. The molecule has 0 aliphatic heterocycles. The molecular formula is C28H22N2O3S. The summed E-state index contributed by atoms with van der Waals surface area (Å²) in [5.74, 6) is 6.21. The first-order valence-corrected chi connectivity index (χ1v) is 11.9. The lowest BCUT2D eigenvalue weighted by Gasteiger charge is -2.14. The molecule has 6 heteroatoms. The second-order valence-corrected chi connectivity index (χ2v) is 8.79. The predicted molar refractivity (Wildman–Crippen MR) is 135 cm³/mol. The molecule has 0 fully saturated rings. The van der Waals surface area contributed by atoms with Gasteiger partial charge in [-0.2, -0.15) is 0 Å². The molecular weight excluding hydrogens is 444 g/mol. The summed E-state index contributed by atoms with van der Waals surface area (Å²) < 4.78 is 5.54. The second-order valence-electron chi connectivity index (χ2n) is 7.94. The highest BCUT2D eigenvalue weighted by Gasteiger charge is 2.28. The highest BCUT2D eigenvalue weighted by atomic mass is 32.1. The van der Waals surface area contributed by atoms with Crippen LogP contribution in [0.25, 0.3) is 22.4 Å². The van der Waals surface area contributed by atoms with Gasteiger partial charge in [-0.15, -0.1) is 0 Å². The Morgan fingerprint density at radius 3 is 2.29 bits per heavy atom. The van der Waals surface area contributed by atoms with Crippen molar-refractivity contribution in [2.24, 2.45) is 0 Å². The number of hydrogen-bond acceptors (Lipinski definition) is 4. The number of H-pyrrole nitrogens is 1. The number of rotatable bonds is 5. The third kappa shape index (κ3) is 4.66. The molecule has 0 saturated carbocycles. The molecule has 1 amide bonds. The summed E-state index contributed by atoms with van der Waals surface area (Å²) in [6, 6.07) is 24.2. The van der Waals surface area contributed by atoms with Gasteiger partial charge in [-0.05, 0) is 39.9 Å². The van der Waals surface area contributed by atoms with Gasteiger partial charge in [0.25, 0.3) is 0 Å². The summed E-state index contributed by atoms with van der Waals surface area (Å²) in [5.41, 5.74) is 7.43. The van der Waals surface area contributed by atoms with Gasteiger partial charge in [0.15, 0.2) is 0 Å². The third-order valence-corrected chi connectivity index (χ3v) is 6.48. The van der Waals surface area contributed by atoms with Crippen molar-refractivity contribution in [1.29, 1.82) is 0 Å². The van der Waals surface area contributed by atoms with Gasteiger partial charge in [0.1, 0.15) is 6.61 Å². The fourth-order valence-electron chi connectivity index (χ4n) is 4.20. The van der Waals surface area contributed by atoms with Gasteiger partial charge in [0.05, 0.1) is 5.69 Å². The monoisotopic (exact) mass is 466 g/mol. The zero-order valence-corrected chi connectivity index (χ0v) is 19.2. The standard InChI is InChI=1S/C28H22N2O3S/c31-27(33-17-25-23-10-3-1-8-21(23)22-9-2-4-11-24(22)25)29-16-6-5-7-19-12-14-20(15-13-19)26-18-34-28(32)30-26/h1-4,8-15,18,25H,6,16-17H2,(H,29,31)(H,30,32). The van der Waals surface area contributed by atoms with Crippen LogP contribution >= 0.6 is 11.3 Å². The number of benzene rings is 3. The molecule has 5 rings (SSSR count). The van der Waals surface area contributed by atoms with Crippen molar-refractivity contribution >= 4 is 17.4 Å². The van der Waals surface area contributed by atoms with E-state index in [9.17, 15) is 9.59 Å². The fourth-order valence-corrected chi connectivity index (χ4v) is 4.78. The molecule has 0 radical (unpaired) electrons. The molecule has 1 heterocycles. The van der Waals surface area contributed by atoms with E-state index in [1.54, 1.807) is 5.38 Å². The Morgan fingerprint density at radius 2 is 1.65 bits per heavy atom. The molecule has 168 valence electrons. The van der Waals surface area contributed by atoms with Crippen LogP contribution in [0.5, 0.6) is 0 Å². The largest absolute Gasteiger partial charge is 0.449 e. The molecule has 2 N–H and O–H groups in total. The van der Waals surface area contributed by atoms with Gasteiger partial charge in [-0.3, -0.25) is 4.79 Å². The first-order chi connectivity index (χ1) is 16.7. The van der Waals surface area contributed by atoms with Crippen LogP contribution in [0.3, 0.4) is 0 Å². The van der Waals surface area contributed by atoms with E-state index in [0.29, 0.717) is 19.6 Å². The van der Waals surface area contributed by atoms with Crippen LogP contribution in [0.15, 0.2) is 83.0 Å². The Bertz CT molecular complexity index is 1400. The lowest BCUT2D eigenvalue weighted by atomic mass is 9.98. The molecule has 1 aliphatic carbocycles. The summed E-state index contributed by atoms with van der Waals surface area (Å²) in [4.78, 5) is 26.2. The predicted octanol–water partition coefficient (Wildman–Crippen LogP) is 5.38. The number of aromatic amines is 1. The number of carbonyl (C=O) groups excluding carboxylic acids is 1. The van der Waals surface area contributed by atoms with Crippen LogP contribution < -0.4 is 10.2 Å². The summed E-state index contributed by atoms with van der Waals surface area (Å²) in [5, 5.41) is 4.58. The summed E-state index contributed by atoms with van der Waals surface area (Å²) in [6.45, 7) is 0.713. The van der Waals surface area contributed by atoms with Crippen LogP contribution in [0.2, 0.25) is 0 Å². The van der Waals surface area contributed by atoms with Crippen molar-refractivity contribution in [3.05, 3.63) is 105 Å². The summed E-state index contributed by atoms with van der Waals surface area (Å²) in [7, 11) is 0. The van der Waals surface area contributed by atoms with Crippen LogP contribution in [0.4, 0.5) is 4.79 Å². The topological polar surface area (TPSA) is 71.2 Å².